The minimum atomic E-state index is -4.13. The van der Waals surface area contributed by atoms with Crippen molar-refractivity contribution in [2.75, 3.05) is 0 Å². The zero-order valence-electron chi connectivity index (χ0n) is 7.19. The number of phosphoric ester groups is 1. The molecule has 0 aromatic heterocycles. The van der Waals surface area contributed by atoms with Gasteiger partial charge in [0.25, 0.3) is 0 Å². The molecule has 1 atom stereocenters. The second-order valence-electron chi connectivity index (χ2n) is 2.58. The van der Waals surface area contributed by atoms with E-state index in [1.54, 1.807) is 0 Å². The number of phosphoric acid groups is 1. The summed E-state index contributed by atoms with van der Waals surface area (Å²) in [6.45, 7) is 0. The Kier molecular flexibility index (Phi) is 3.05. The second-order valence-corrected chi connectivity index (χ2v) is 7.37. The van der Waals surface area contributed by atoms with Crippen LogP contribution in [0.4, 0.5) is 5.69 Å². The molecule has 0 aliphatic carbocycles. The standard InChI is InChI=1S/C6H6NO6P.Pb/c8-7(9)5-1-3-6(4-2-5)13-14(10,11)12;/h1-4H,(H2,10,11,12);/q;+2/p-1. The van der Waals surface area contributed by atoms with Crippen molar-refractivity contribution in [2.24, 2.45) is 0 Å². The van der Waals surface area contributed by atoms with Crippen LogP contribution in [0.15, 0.2) is 24.3 Å². The first kappa shape index (κ1) is 11.0. The molecule has 2 bridgehead atoms. The minimum absolute atomic E-state index is 0.170. The van der Waals surface area contributed by atoms with Gasteiger partial charge in [-0.25, -0.2) is 0 Å². The summed E-state index contributed by atoms with van der Waals surface area (Å²) in [5.74, 6) is 0.170. The van der Waals surface area contributed by atoms with E-state index in [4.69, 9.17) is 9.42 Å². The third-order valence-electron chi connectivity index (χ3n) is 1.54. The van der Waals surface area contributed by atoms with E-state index in [0.717, 1.165) is 0 Å². The van der Waals surface area contributed by atoms with Crippen LogP contribution in [0.1, 0.15) is 0 Å². The van der Waals surface area contributed by atoms with Crippen molar-refractivity contribution in [3.63, 3.8) is 0 Å². The van der Waals surface area contributed by atoms with Gasteiger partial charge < -0.3 is 0 Å². The summed E-state index contributed by atoms with van der Waals surface area (Å²) in [5.41, 5.74) is 0.285. The third kappa shape index (κ3) is 2.74. The van der Waals surface area contributed by atoms with E-state index in [2.05, 4.69) is 5.26 Å². The van der Waals surface area contributed by atoms with Crippen LogP contribution in [0.5, 0.6) is 5.75 Å². The van der Waals surface area contributed by atoms with Gasteiger partial charge in [-0.1, -0.05) is 0 Å². The van der Waals surface area contributed by atoms with Gasteiger partial charge in [0.15, 0.2) is 0 Å². The Bertz CT molecular complexity index is 434. The van der Waals surface area contributed by atoms with Crippen molar-refractivity contribution in [1.82, 2.24) is 0 Å². The Morgan fingerprint density at radius 1 is 1.33 bits per heavy atom. The molecule has 2 aliphatic rings. The van der Waals surface area contributed by atoms with Crippen LogP contribution in [0.25, 0.3) is 0 Å². The number of benzene rings is 1. The molecular formula is C6H5NO6PPb+. The number of hydrogen-bond acceptors (Lipinski definition) is 5. The zero-order valence-corrected chi connectivity index (χ0v) is 12.0. The summed E-state index contributed by atoms with van der Waals surface area (Å²) in [7, 11) is -4.13. The molecule has 78 valence electrons. The van der Waals surface area contributed by atoms with E-state index in [1.807, 2.05) is 0 Å². The van der Waals surface area contributed by atoms with Crippen LogP contribution in [0.2, 0.25) is 0 Å². The molecule has 1 unspecified atom stereocenters. The van der Waals surface area contributed by atoms with Crippen LogP contribution in [0, 0.1) is 4.91 Å². The van der Waals surface area contributed by atoms with Crippen molar-refractivity contribution < 1.29 is 24.2 Å². The van der Waals surface area contributed by atoms with E-state index in [0.29, 0.717) is 0 Å². The van der Waals surface area contributed by atoms with Crippen LogP contribution >= 0.6 is 7.82 Å². The Labute approximate surface area is 97.6 Å². The zero-order chi connectivity index (χ0) is 10.9. The van der Waals surface area contributed by atoms with E-state index in [-0.39, 0.29) is 16.4 Å². The predicted molar refractivity (Wildman–Crippen MR) is 48.1 cm³/mol. The molecule has 9 heteroatoms. The van der Waals surface area contributed by atoms with Crippen LogP contribution in [-0.4, -0.2) is 35.0 Å². The second kappa shape index (κ2) is 4.16. The Morgan fingerprint density at radius 2 is 2.00 bits per heavy atom. The van der Waals surface area contributed by atoms with Crippen molar-refractivity contribution >= 4 is 38.7 Å². The van der Waals surface area contributed by atoms with Gasteiger partial charge in [-0.3, -0.25) is 0 Å². The van der Waals surface area contributed by atoms with Gasteiger partial charge >= 0.3 is 97.7 Å². The van der Waals surface area contributed by atoms with Crippen LogP contribution < -0.4 is 4.52 Å². The summed E-state index contributed by atoms with van der Waals surface area (Å²) in [4.78, 5) is 20.6. The number of fused-ring (bicyclic) bond motifs is 7. The summed E-state index contributed by atoms with van der Waals surface area (Å²) in [6.07, 6.45) is 0. The quantitative estimate of drug-likeness (QED) is 0.495. The van der Waals surface area contributed by atoms with Gasteiger partial charge in [0.1, 0.15) is 0 Å². The molecule has 0 fully saturated rings. The summed E-state index contributed by atoms with van der Waals surface area (Å²) in [6, 6.07) is 5.62. The third-order valence-corrected chi connectivity index (χ3v) is 6.78. The predicted octanol–water partition coefficient (Wildman–Crippen LogP) is 1.07. The maximum absolute atomic E-state index is 11.2. The fraction of sp³-hybridized carbons (Fsp3) is 0. The first-order chi connectivity index (χ1) is 7.07. The van der Waals surface area contributed by atoms with E-state index in [9.17, 15) is 9.47 Å². The fourth-order valence-corrected chi connectivity index (χ4v) is 4.08. The van der Waals surface area contributed by atoms with Crippen LogP contribution in [0.3, 0.4) is 0 Å². The topological polar surface area (TPSA) is 85.1 Å². The van der Waals surface area contributed by atoms with Crippen molar-refractivity contribution in [3.05, 3.63) is 29.2 Å². The van der Waals surface area contributed by atoms with Gasteiger partial charge in [0, 0.05) is 0 Å². The Hall–Kier alpha value is -0.508. The molecular weight excluding hydrogens is 420 g/mol. The SMILES string of the molecule is O=[N+]1[O][Pb][O]P(=O)(O)Oc2ccc1cc2. The van der Waals surface area contributed by atoms with Crippen molar-refractivity contribution in [2.45, 2.75) is 0 Å². The molecule has 1 aromatic carbocycles. The molecule has 1 aromatic rings. The molecule has 2 heterocycles. The first-order valence-corrected chi connectivity index (χ1v) is 8.44. The number of nitrogens with zero attached hydrogens (tertiary/aromatic N) is 1. The molecule has 2 radical (unpaired) electrons. The van der Waals surface area contributed by atoms with Crippen molar-refractivity contribution in [3.8, 4) is 5.75 Å². The first-order valence-electron chi connectivity index (χ1n) is 3.77. The van der Waals surface area contributed by atoms with E-state index >= 15 is 0 Å². The monoisotopic (exact) mass is 426 g/mol. The molecule has 0 saturated heterocycles. The van der Waals surface area contributed by atoms with Gasteiger partial charge in [-0.05, 0) is 0 Å². The van der Waals surface area contributed by atoms with E-state index < -0.39 is 33.0 Å². The Balaban J connectivity index is 2.39. The molecule has 3 rings (SSSR count). The van der Waals surface area contributed by atoms with Gasteiger partial charge in [0.05, 0.1) is 0 Å². The molecule has 2 aliphatic heterocycles. The normalized spacial score (nSPS) is 25.5. The molecule has 1 N–H and O–H groups in total. The van der Waals surface area contributed by atoms with Crippen LogP contribution in [-0.2, 0) is 9.83 Å². The molecule has 0 amide bonds. The average Bonchev–Trinajstić information content (AvgIpc) is 2.17. The molecule has 7 nitrogen and oxygen atoms in total. The average molecular weight is 425 g/mol. The molecule has 0 saturated carbocycles. The van der Waals surface area contributed by atoms with Crippen molar-refractivity contribution in [1.29, 1.82) is 0 Å². The van der Waals surface area contributed by atoms with Gasteiger partial charge in [-0.15, -0.1) is 0 Å². The Morgan fingerprint density at radius 3 is 2.67 bits per heavy atom. The maximum atomic E-state index is 11.2. The summed E-state index contributed by atoms with van der Waals surface area (Å²) >= 11 is -2.38. The summed E-state index contributed by atoms with van der Waals surface area (Å²) in [5, 5.41) is 0. The number of hydrogen-bond donors (Lipinski definition) is 1. The fourth-order valence-electron chi connectivity index (χ4n) is 0.931. The van der Waals surface area contributed by atoms with Gasteiger partial charge in [0.2, 0.25) is 0 Å². The number of rotatable bonds is 0. The summed E-state index contributed by atoms with van der Waals surface area (Å²) < 4.78 is 25.1. The molecule has 15 heavy (non-hydrogen) atoms. The molecule has 0 spiro atoms. The van der Waals surface area contributed by atoms with Gasteiger partial charge in [-0.2, -0.15) is 0 Å². The van der Waals surface area contributed by atoms with E-state index in [1.165, 1.54) is 24.3 Å².